The Kier molecular flexibility index (Phi) is 2.85. The zero-order chi connectivity index (χ0) is 9.90. The molecule has 0 aromatic carbocycles. The van der Waals surface area contributed by atoms with Crippen molar-refractivity contribution in [1.82, 2.24) is 0 Å². The molecule has 4 heteroatoms. The fraction of sp³-hybridized carbons (Fsp3) is 0.444. The van der Waals surface area contributed by atoms with Crippen molar-refractivity contribution in [2.24, 2.45) is 0 Å². The molecular formula is C9H12O4. The van der Waals surface area contributed by atoms with Crippen LogP contribution >= 0.6 is 0 Å². The molecule has 0 aliphatic heterocycles. The van der Waals surface area contributed by atoms with Crippen molar-refractivity contribution in [3.8, 4) is 0 Å². The number of aliphatic hydroxyl groups excluding tert-OH is 1. The Labute approximate surface area is 76.1 Å². The molecule has 72 valence electrons. The summed E-state index contributed by atoms with van der Waals surface area (Å²) >= 11 is 0. The van der Waals surface area contributed by atoms with Crippen LogP contribution in [0.5, 0.6) is 0 Å². The molecule has 1 aliphatic rings. The highest BCUT2D eigenvalue weighted by Crippen LogP contribution is 2.19. The third kappa shape index (κ3) is 2.68. The van der Waals surface area contributed by atoms with Crippen LogP contribution in [0.3, 0.4) is 0 Å². The van der Waals surface area contributed by atoms with E-state index in [4.69, 9.17) is 5.11 Å². The van der Waals surface area contributed by atoms with Gasteiger partial charge in [0.05, 0.1) is 19.6 Å². The van der Waals surface area contributed by atoms with E-state index < -0.39 is 17.7 Å². The maximum atomic E-state index is 10.9. The van der Waals surface area contributed by atoms with E-state index >= 15 is 0 Å². The van der Waals surface area contributed by atoms with E-state index in [0.29, 0.717) is 0 Å². The summed E-state index contributed by atoms with van der Waals surface area (Å²) in [6.45, 7) is 0. The van der Waals surface area contributed by atoms with Crippen LogP contribution in [-0.4, -0.2) is 35.0 Å². The van der Waals surface area contributed by atoms with Gasteiger partial charge in [0.1, 0.15) is 5.60 Å². The molecule has 0 saturated carbocycles. The van der Waals surface area contributed by atoms with Crippen molar-refractivity contribution in [2.45, 2.75) is 18.1 Å². The summed E-state index contributed by atoms with van der Waals surface area (Å²) in [7, 11) is 1.26. The minimum Gasteiger partial charge on any atom is -0.469 e. The predicted octanol–water partition coefficient (Wildman–Crippen LogP) is -0.233. The molecular weight excluding hydrogens is 172 g/mol. The first-order chi connectivity index (χ1) is 6.06. The number of aliphatic hydroxyl groups is 2. The second-order valence-electron chi connectivity index (χ2n) is 2.95. The zero-order valence-corrected chi connectivity index (χ0v) is 7.30. The molecule has 13 heavy (non-hydrogen) atoms. The monoisotopic (exact) mass is 184 g/mol. The van der Waals surface area contributed by atoms with Gasteiger partial charge in [0.15, 0.2) is 0 Å². The summed E-state index contributed by atoms with van der Waals surface area (Å²) < 4.78 is 4.42. The highest BCUT2D eigenvalue weighted by molar-refractivity contribution is 5.71. The molecule has 0 bridgehead atoms. The normalized spacial score (nSPS) is 31.8. The largest absolute Gasteiger partial charge is 0.469 e. The second kappa shape index (κ2) is 3.72. The lowest BCUT2D eigenvalue weighted by Crippen LogP contribution is -2.30. The standard InChI is InChI=1S/C9H12O4/c1-13-8(11)6-9(12)4-2-7(10)3-5-9/h2-5,7,10,12H,6H2,1H3. The average molecular weight is 184 g/mol. The fourth-order valence-electron chi connectivity index (χ4n) is 1.07. The molecule has 2 N–H and O–H groups in total. The second-order valence-corrected chi connectivity index (χ2v) is 2.95. The number of methoxy groups -OCH3 is 1. The average Bonchev–Trinajstić information content (AvgIpc) is 2.10. The van der Waals surface area contributed by atoms with Gasteiger partial charge in [0, 0.05) is 0 Å². The molecule has 1 aliphatic carbocycles. The number of esters is 1. The molecule has 0 fully saturated rings. The molecule has 0 spiro atoms. The quantitative estimate of drug-likeness (QED) is 0.459. The van der Waals surface area contributed by atoms with E-state index in [9.17, 15) is 9.90 Å². The summed E-state index contributed by atoms with van der Waals surface area (Å²) in [6.07, 6.45) is 4.79. The van der Waals surface area contributed by atoms with E-state index in [0.717, 1.165) is 0 Å². The first-order valence-corrected chi connectivity index (χ1v) is 3.92. The Bertz CT molecular complexity index is 240. The SMILES string of the molecule is COC(=O)CC1(O)C=CC(O)C=C1. The minimum atomic E-state index is -1.31. The highest BCUT2D eigenvalue weighted by Gasteiger charge is 2.26. The Hall–Kier alpha value is -1.13. The van der Waals surface area contributed by atoms with Gasteiger partial charge in [0.2, 0.25) is 0 Å². The Morgan fingerprint density at radius 3 is 2.54 bits per heavy atom. The topological polar surface area (TPSA) is 66.8 Å². The molecule has 0 amide bonds. The van der Waals surface area contributed by atoms with Gasteiger partial charge in [-0.25, -0.2) is 0 Å². The van der Waals surface area contributed by atoms with Gasteiger partial charge in [-0.05, 0) is 12.2 Å². The van der Waals surface area contributed by atoms with Gasteiger partial charge in [0.25, 0.3) is 0 Å². The van der Waals surface area contributed by atoms with E-state index in [-0.39, 0.29) is 6.42 Å². The summed E-state index contributed by atoms with van der Waals surface area (Å²) in [5.74, 6) is -0.492. The summed E-state index contributed by atoms with van der Waals surface area (Å²) in [4.78, 5) is 10.9. The van der Waals surface area contributed by atoms with Crippen LogP contribution in [0.15, 0.2) is 24.3 Å². The first kappa shape index (κ1) is 9.95. The van der Waals surface area contributed by atoms with E-state index in [1.807, 2.05) is 0 Å². The van der Waals surface area contributed by atoms with Gasteiger partial charge in [-0.15, -0.1) is 0 Å². The van der Waals surface area contributed by atoms with Gasteiger partial charge in [-0.2, -0.15) is 0 Å². The van der Waals surface area contributed by atoms with Crippen LogP contribution in [0.2, 0.25) is 0 Å². The van der Waals surface area contributed by atoms with Crippen molar-refractivity contribution in [3.63, 3.8) is 0 Å². The van der Waals surface area contributed by atoms with Crippen molar-refractivity contribution >= 4 is 5.97 Å². The van der Waals surface area contributed by atoms with Crippen molar-refractivity contribution in [1.29, 1.82) is 0 Å². The summed E-state index contributed by atoms with van der Waals surface area (Å²) in [5, 5.41) is 18.7. The van der Waals surface area contributed by atoms with Gasteiger partial charge in [-0.3, -0.25) is 4.79 Å². The Morgan fingerprint density at radius 1 is 1.54 bits per heavy atom. The maximum absolute atomic E-state index is 10.9. The van der Waals surface area contributed by atoms with Crippen LogP contribution < -0.4 is 0 Å². The molecule has 0 unspecified atom stereocenters. The first-order valence-electron chi connectivity index (χ1n) is 3.92. The Balaban J connectivity index is 2.63. The molecule has 0 heterocycles. The molecule has 4 nitrogen and oxygen atoms in total. The number of rotatable bonds is 2. The molecule has 0 saturated heterocycles. The summed E-state index contributed by atoms with van der Waals surface area (Å²) in [6, 6.07) is 0. The lowest BCUT2D eigenvalue weighted by molar-refractivity contribution is -0.143. The van der Waals surface area contributed by atoms with Crippen LogP contribution in [0.25, 0.3) is 0 Å². The number of ether oxygens (including phenoxy) is 1. The summed E-state index contributed by atoms with van der Waals surface area (Å²) in [5.41, 5.74) is -1.31. The molecule has 0 aromatic heterocycles. The third-order valence-electron chi connectivity index (χ3n) is 1.82. The number of hydrogen-bond acceptors (Lipinski definition) is 4. The van der Waals surface area contributed by atoms with Crippen LogP contribution in [0.4, 0.5) is 0 Å². The molecule has 0 atom stereocenters. The minimum absolute atomic E-state index is 0.136. The smallest absolute Gasteiger partial charge is 0.309 e. The van der Waals surface area contributed by atoms with Crippen molar-refractivity contribution in [2.75, 3.05) is 7.11 Å². The highest BCUT2D eigenvalue weighted by atomic mass is 16.5. The van der Waals surface area contributed by atoms with Gasteiger partial charge < -0.3 is 14.9 Å². The number of carbonyl (C=O) groups is 1. The molecule has 1 rings (SSSR count). The van der Waals surface area contributed by atoms with Gasteiger partial charge >= 0.3 is 5.97 Å². The Morgan fingerprint density at radius 2 is 2.08 bits per heavy atom. The van der Waals surface area contributed by atoms with Crippen molar-refractivity contribution in [3.05, 3.63) is 24.3 Å². The fourth-order valence-corrected chi connectivity index (χ4v) is 1.07. The van der Waals surface area contributed by atoms with E-state index in [1.165, 1.54) is 31.4 Å². The molecule has 0 aromatic rings. The lowest BCUT2D eigenvalue weighted by Gasteiger charge is -2.22. The predicted molar refractivity (Wildman–Crippen MR) is 45.9 cm³/mol. The van der Waals surface area contributed by atoms with E-state index in [1.54, 1.807) is 0 Å². The van der Waals surface area contributed by atoms with Gasteiger partial charge in [-0.1, -0.05) is 12.2 Å². The molecule has 0 radical (unpaired) electrons. The zero-order valence-electron chi connectivity index (χ0n) is 7.30. The van der Waals surface area contributed by atoms with Crippen LogP contribution in [0.1, 0.15) is 6.42 Å². The van der Waals surface area contributed by atoms with Crippen molar-refractivity contribution < 1.29 is 19.7 Å². The maximum Gasteiger partial charge on any atom is 0.309 e. The number of hydrogen-bond donors (Lipinski definition) is 2. The number of carbonyl (C=O) groups excluding carboxylic acids is 1. The lowest BCUT2D eigenvalue weighted by atomic mass is 9.94. The van der Waals surface area contributed by atoms with E-state index in [2.05, 4.69) is 4.74 Å². The van der Waals surface area contributed by atoms with Crippen LogP contribution in [-0.2, 0) is 9.53 Å². The third-order valence-corrected chi connectivity index (χ3v) is 1.82. The van der Waals surface area contributed by atoms with Crippen LogP contribution in [0, 0.1) is 0 Å².